The van der Waals surface area contributed by atoms with Crippen molar-refractivity contribution in [2.75, 3.05) is 10.6 Å². The largest absolute Gasteiger partial charge is 0.326 e. The predicted octanol–water partition coefficient (Wildman–Crippen LogP) is 3.44. The van der Waals surface area contributed by atoms with Crippen molar-refractivity contribution in [1.29, 1.82) is 0 Å². The first-order chi connectivity index (χ1) is 11.9. The minimum Gasteiger partial charge on any atom is -0.326 e. The number of benzene rings is 2. The SMILES string of the molecule is C[C@@H]1C[C@H]1C(=O)Nc1cccc(C(=O)Nc2cccc([N+](=O)[O-])c2)c1. The molecule has 0 heterocycles. The van der Waals surface area contributed by atoms with Gasteiger partial charge in [-0.2, -0.15) is 0 Å². The Kier molecular flexibility index (Phi) is 4.47. The molecule has 25 heavy (non-hydrogen) atoms. The van der Waals surface area contributed by atoms with Crippen LogP contribution in [0, 0.1) is 22.0 Å². The van der Waals surface area contributed by atoms with Crippen LogP contribution in [0.5, 0.6) is 0 Å². The number of hydrogen-bond acceptors (Lipinski definition) is 4. The lowest BCUT2D eigenvalue weighted by Gasteiger charge is -2.08. The van der Waals surface area contributed by atoms with Crippen molar-refractivity contribution < 1.29 is 14.5 Å². The van der Waals surface area contributed by atoms with Gasteiger partial charge < -0.3 is 10.6 Å². The molecule has 2 aromatic carbocycles. The van der Waals surface area contributed by atoms with Gasteiger partial charge in [0.15, 0.2) is 0 Å². The molecule has 2 atom stereocenters. The molecule has 1 saturated carbocycles. The zero-order valence-electron chi connectivity index (χ0n) is 13.6. The Morgan fingerprint density at radius 1 is 1.08 bits per heavy atom. The molecule has 7 nitrogen and oxygen atoms in total. The normalized spacial score (nSPS) is 18.3. The summed E-state index contributed by atoms with van der Waals surface area (Å²) < 4.78 is 0. The first kappa shape index (κ1) is 16.6. The van der Waals surface area contributed by atoms with E-state index >= 15 is 0 Å². The van der Waals surface area contributed by atoms with Gasteiger partial charge in [0.05, 0.1) is 4.92 Å². The number of nitro groups is 1. The van der Waals surface area contributed by atoms with Gasteiger partial charge in [-0.15, -0.1) is 0 Å². The third-order valence-corrected chi connectivity index (χ3v) is 4.15. The van der Waals surface area contributed by atoms with Crippen molar-refractivity contribution in [2.45, 2.75) is 13.3 Å². The van der Waals surface area contributed by atoms with Crippen LogP contribution in [0.4, 0.5) is 17.1 Å². The van der Waals surface area contributed by atoms with E-state index < -0.39 is 10.8 Å². The predicted molar refractivity (Wildman–Crippen MR) is 93.4 cm³/mol. The minimum absolute atomic E-state index is 0.0382. The molecule has 1 aliphatic rings. The molecule has 1 fully saturated rings. The molecule has 1 aliphatic carbocycles. The molecule has 0 spiro atoms. The number of rotatable bonds is 5. The summed E-state index contributed by atoms with van der Waals surface area (Å²) in [6.07, 6.45) is 0.888. The summed E-state index contributed by atoms with van der Waals surface area (Å²) in [7, 11) is 0. The highest BCUT2D eigenvalue weighted by Gasteiger charge is 2.39. The summed E-state index contributed by atoms with van der Waals surface area (Å²) >= 11 is 0. The van der Waals surface area contributed by atoms with Gasteiger partial charge in [-0.1, -0.05) is 19.1 Å². The summed E-state index contributed by atoms with van der Waals surface area (Å²) in [6, 6.07) is 12.3. The molecule has 2 aromatic rings. The number of anilines is 2. The van der Waals surface area contributed by atoms with Crippen LogP contribution in [0.25, 0.3) is 0 Å². The van der Waals surface area contributed by atoms with Crippen LogP contribution in [0.1, 0.15) is 23.7 Å². The zero-order valence-corrected chi connectivity index (χ0v) is 13.6. The fourth-order valence-electron chi connectivity index (χ4n) is 2.56. The van der Waals surface area contributed by atoms with E-state index in [9.17, 15) is 19.7 Å². The topological polar surface area (TPSA) is 101 Å². The van der Waals surface area contributed by atoms with Crippen molar-refractivity contribution in [2.24, 2.45) is 11.8 Å². The molecule has 0 bridgehead atoms. The van der Waals surface area contributed by atoms with Crippen LogP contribution in [0.15, 0.2) is 48.5 Å². The highest BCUT2D eigenvalue weighted by molar-refractivity contribution is 6.05. The molecule has 7 heteroatoms. The lowest BCUT2D eigenvalue weighted by atomic mass is 10.1. The second kappa shape index (κ2) is 6.72. The van der Waals surface area contributed by atoms with Gasteiger partial charge in [0.2, 0.25) is 5.91 Å². The summed E-state index contributed by atoms with van der Waals surface area (Å²) in [6.45, 7) is 2.02. The van der Waals surface area contributed by atoms with Crippen molar-refractivity contribution in [1.82, 2.24) is 0 Å². The van der Waals surface area contributed by atoms with Crippen LogP contribution >= 0.6 is 0 Å². The number of amides is 2. The minimum atomic E-state index is -0.523. The number of nitrogens with one attached hydrogen (secondary N) is 2. The Balaban J connectivity index is 1.70. The lowest BCUT2D eigenvalue weighted by molar-refractivity contribution is -0.384. The molecule has 0 aromatic heterocycles. The van der Waals surface area contributed by atoms with E-state index in [1.165, 1.54) is 18.2 Å². The molecule has 0 saturated heterocycles. The number of carbonyl (C=O) groups is 2. The van der Waals surface area contributed by atoms with Crippen molar-refractivity contribution in [3.8, 4) is 0 Å². The van der Waals surface area contributed by atoms with Gasteiger partial charge in [0.1, 0.15) is 0 Å². The first-order valence-electron chi connectivity index (χ1n) is 7.91. The van der Waals surface area contributed by atoms with Crippen molar-refractivity contribution in [3.63, 3.8) is 0 Å². The smallest absolute Gasteiger partial charge is 0.271 e. The lowest BCUT2D eigenvalue weighted by Crippen LogP contribution is -2.16. The number of carbonyl (C=O) groups excluding carboxylic acids is 2. The van der Waals surface area contributed by atoms with Gasteiger partial charge in [-0.3, -0.25) is 19.7 Å². The molecule has 2 amide bonds. The average molecular weight is 339 g/mol. The highest BCUT2D eigenvalue weighted by Crippen LogP contribution is 2.38. The van der Waals surface area contributed by atoms with E-state index in [0.29, 0.717) is 22.9 Å². The molecule has 128 valence electrons. The molecular weight excluding hydrogens is 322 g/mol. The van der Waals surface area contributed by atoms with Crippen LogP contribution < -0.4 is 10.6 Å². The number of nitro benzene ring substituents is 1. The maximum atomic E-state index is 12.3. The maximum absolute atomic E-state index is 12.3. The first-order valence-corrected chi connectivity index (χ1v) is 7.91. The second-order valence-corrected chi connectivity index (χ2v) is 6.15. The standard InChI is InChI=1S/C18H17N3O4/c1-11-8-16(11)18(23)20-13-5-2-4-12(9-13)17(22)19-14-6-3-7-15(10-14)21(24)25/h2-7,9-11,16H,8H2,1H3,(H,19,22)(H,20,23)/t11-,16-/m1/s1. The molecule has 0 unspecified atom stereocenters. The van der Waals surface area contributed by atoms with E-state index in [0.717, 1.165) is 6.42 Å². The zero-order chi connectivity index (χ0) is 18.0. The quantitative estimate of drug-likeness (QED) is 0.643. The Morgan fingerprint density at radius 2 is 1.72 bits per heavy atom. The summed E-state index contributed by atoms with van der Waals surface area (Å²) in [5, 5.41) is 16.2. The summed E-state index contributed by atoms with van der Waals surface area (Å²) in [5.41, 5.74) is 1.14. The van der Waals surface area contributed by atoms with Crippen LogP contribution in [0.2, 0.25) is 0 Å². The summed E-state index contributed by atoms with van der Waals surface area (Å²) in [5.74, 6) is 0.00262. The number of nitrogens with zero attached hydrogens (tertiary/aromatic N) is 1. The van der Waals surface area contributed by atoms with E-state index in [1.807, 2.05) is 6.92 Å². The Hall–Kier alpha value is -3.22. The third-order valence-electron chi connectivity index (χ3n) is 4.15. The van der Waals surface area contributed by atoms with Gasteiger partial charge in [-0.25, -0.2) is 0 Å². The Morgan fingerprint density at radius 3 is 2.36 bits per heavy atom. The third kappa shape index (κ3) is 4.00. The van der Waals surface area contributed by atoms with Crippen molar-refractivity contribution in [3.05, 3.63) is 64.2 Å². The maximum Gasteiger partial charge on any atom is 0.271 e. The van der Waals surface area contributed by atoms with E-state index in [1.54, 1.807) is 30.3 Å². The molecule has 2 N–H and O–H groups in total. The van der Waals surface area contributed by atoms with Crippen LogP contribution in [-0.4, -0.2) is 16.7 Å². The van der Waals surface area contributed by atoms with E-state index in [4.69, 9.17) is 0 Å². The fraction of sp³-hybridized carbons (Fsp3) is 0.222. The molecule has 0 radical (unpaired) electrons. The monoisotopic (exact) mass is 339 g/mol. The fourth-order valence-corrected chi connectivity index (χ4v) is 2.56. The van der Waals surface area contributed by atoms with E-state index in [-0.39, 0.29) is 17.5 Å². The number of non-ortho nitro benzene ring substituents is 1. The number of hydrogen-bond donors (Lipinski definition) is 2. The van der Waals surface area contributed by atoms with Crippen LogP contribution in [0.3, 0.4) is 0 Å². The Bertz CT molecular complexity index is 850. The van der Waals surface area contributed by atoms with Crippen molar-refractivity contribution >= 4 is 28.9 Å². The van der Waals surface area contributed by atoms with Gasteiger partial charge in [-0.05, 0) is 36.6 Å². The van der Waals surface area contributed by atoms with E-state index in [2.05, 4.69) is 10.6 Å². The molecule has 3 rings (SSSR count). The summed E-state index contributed by atoms with van der Waals surface area (Å²) in [4.78, 5) is 34.6. The average Bonchev–Trinajstić information content (AvgIpc) is 3.32. The Labute approximate surface area is 144 Å². The molecule has 0 aliphatic heterocycles. The van der Waals surface area contributed by atoms with Gasteiger partial charge in [0, 0.05) is 35.0 Å². The van der Waals surface area contributed by atoms with Gasteiger partial charge >= 0.3 is 0 Å². The molecular formula is C18H17N3O4. The second-order valence-electron chi connectivity index (χ2n) is 6.15. The highest BCUT2D eigenvalue weighted by atomic mass is 16.6. The van der Waals surface area contributed by atoms with Gasteiger partial charge in [0.25, 0.3) is 11.6 Å². The van der Waals surface area contributed by atoms with Crippen LogP contribution in [-0.2, 0) is 4.79 Å².